The zero-order valence-electron chi connectivity index (χ0n) is 17.0. The normalized spacial score (nSPS) is 16.7. The third-order valence-electron chi connectivity index (χ3n) is 4.10. The molecule has 2 heterocycles. The first-order valence-corrected chi connectivity index (χ1v) is 10.1. The molecule has 0 fully saturated rings. The van der Waals surface area contributed by atoms with Crippen molar-refractivity contribution in [1.82, 2.24) is 4.98 Å². The van der Waals surface area contributed by atoms with Gasteiger partial charge in [0.1, 0.15) is 23.4 Å². The Morgan fingerprint density at radius 1 is 1.23 bits per heavy atom. The van der Waals surface area contributed by atoms with Crippen molar-refractivity contribution in [2.24, 2.45) is 0 Å². The van der Waals surface area contributed by atoms with Crippen LogP contribution in [0.15, 0.2) is 53.8 Å². The van der Waals surface area contributed by atoms with Gasteiger partial charge in [0.05, 0.1) is 16.8 Å². The van der Waals surface area contributed by atoms with Gasteiger partial charge in [-0.25, -0.2) is 4.98 Å². The summed E-state index contributed by atoms with van der Waals surface area (Å²) in [6.07, 6.45) is -0.476. The lowest BCUT2D eigenvalue weighted by molar-refractivity contribution is -0.274. The van der Waals surface area contributed by atoms with E-state index in [1.807, 2.05) is 6.92 Å². The van der Waals surface area contributed by atoms with Crippen molar-refractivity contribution in [2.45, 2.75) is 43.0 Å². The number of benzene rings is 1. The van der Waals surface area contributed by atoms with E-state index in [1.165, 1.54) is 11.0 Å². The molecule has 0 saturated carbocycles. The molecule has 1 aromatic heterocycles. The van der Waals surface area contributed by atoms with Crippen molar-refractivity contribution in [3.05, 3.63) is 54.4 Å². The lowest BCUT2D eigenvalue weighted by Gasteiger charge is -2.21. The molecule has 1 atom stereocenters. The molecule has 166 valence electrons. The number of amides is 1. The average molecular weight is 454 g/mol. The molecule has 2 aromatic rings. The van der Waals surface area contributed by atoms with Gasteiger partial charge in [0.25, 0.3) is 0 Å². The molecule has 0 saturated heterocycles. The Kier molecular flexibility index (Phi) is 6.51. The summed E-state index contributed by atoms with van der Waals surface area (Å²) in [6, 6.07) is 7.80. The van der Waals surface area contributed by atoms with Gasteiger partial charge in [-0.15, -0.1) is 13.2 Å². The Labute approximate surface area is 181 Å². The molecule has 1 unspecified atom stereocenters. The van der Waals surface area contributed by atoms with Crippen molar-refractivity contribution in [1.29, 1.82) is 0 Å². The number of hydrogen-bond donors (Lipinski definition) is 1. The van der Waals surface area contributed by atoms with Crippen LogP contribution in [-0.2, 0) is 4.79 Å². The summed E-state index contributed by atoms with van der Waals surface area (Å²) in [5, 5.41) is 9.63. The number of anilines is 1. The van der Waals surface area contributed by atoms with Gasteiger partial charge < -0.3 is 14.6 Å². The number of thioether (sulfide) groups is 1. The van der Waals surface area contributed by atoms with Crippen molar-refractivity contribution < 1.29 is 32.5 Å². The van der Waals surface area contributed by atoms with Crippen LogP contribution in [0.25, 0.3) is 0 Å². The van der Waals surface area contributed by atoms with E-state index in [2.05, 4.69) is 9.72 Å². The number of aryl methyl sites for hydroxylation is 1. The molecule has 1 aliphatic heterocycles. The molecule has 0 aliphatic carbocycles. The summed E-state index contributed by atoms with van der Waals surface area (Å²) >= 11 is 1.12. The van der Waals surface area contributed by atoms with Gasteiger partial charge in [-0.05, 0) is 62.7 Å². The number of aliphatic hydroxyl groups is 1. The highest BCUT2D eigenvalue weighted by Crippen LogP contribution is 2.33. The number of rotatable bonds is 7. The summed E-state index contributed by atoms with van der Waals surface area (Å²) in [4.78, 5) is 18.2. The minimum absolute atomic E-state index is 0.133. The summed E-state index contributed by atoms with van der Waals surface area (Å²) < 4.78 is 46.1. The minimum atomic E-state index is -4.78. The monoisotopic (exact) mass is 454 g/mol. The number of aromatic nitrogens is 1. The SMILES string of the molecule is Cc1cc(N2C=CC(Sc3ccc(OC(F)(F)F)cn3)C2=O)ccc1OCC(C)(C)O. The van der Waals surface area contributed by atoms with Gasteiger partial charge in [0.2, 0.25) is 5.91 Å². The largest absolute Gasteiger partial charge is 0.573 e. The van der Waals surface area contributed by atoms with Crippen LogP contribution >= 0.6 is 11.8 Å². The highest BCUT2D eigenvalue weighted by molar-refractivity contribution is 8.00. The first-order chi connectivity index (χ1) is 14.4. The van der Waals surface area contributed by atoms with Crippen molar-refractivity contribution in [3.63, 3.8) is 0 Å². The Bertz CT molecular complexity index is 972. The summed E-state index contributed by atoms with van der Waals surface area (Å²) in [6.45, 7) is 5.27. The zero-order valence-corrected chi connectivity index (χ0v) is 17.8. The summed E-state index contributed by atoms with van der Waals surface area (Å²) in [5.74, 6) is -0.0149. The number of alkyl halides is 3. The van der Waals surface area contributed by atoms with E-state index in [-0.39, 0.29) is 12.5 Å². The van der Waals surface area contributed by atoms with E-state index in [4.69, 9.17) is 4.74 Å². The molecule has 1 aliphatic rings. The molecule has 3 rings (SSSR count). The molecular formula is C21H21F3N2O4S. The van der Waals surface area contributed by atoms with Gasteiger partial charge >= 0.3 is 6.36 Å². The average Bonchev–Trinajstić information content (AvgIpc) is 3.01. The summed E-state index contributed by atoms with van der Waals surface area (Å²) in [7, 11) is 0. The van der Waals surface area contributed by atoms with E-state index < -0.39 is 23.0 Å². The standard InChI is InChI=1S/C21H21F3N2O4S/c1-13-10-14(4-6-16(13)29-12-20(2,3)28)26-9-8-17(19(26)27)31-18-7-5-15(11-25-18)30-21(22,23)24/h4-11,17,28H,12H2,1-3H3. The van der Waals surface area contributed by atoms with E-state index in [0.717, 1.165) is 29.6 Å². The molecule has 0 bridgehead atoms. The van der Waals surface area contributed by atoms with Crippen LogP contribution in [0, 0.1) is 6.92 Å². The predicted octanol–water partition coefficient (Wildman–Crippen LogP) is 4.46. The fraction of sp³-hybridized carbons (Fsp3) is 0.333. The van der Waals surface area contributed by atoms with E-state index in [9.17, 15) is 23.1 Å². The molecule has 10 heteroatoms. The predicted molar refractivity (Wildman–Crippen MR) is 110 cm³/mol. The van der Waals surface area contributed by atoms with Gasteiger partial charge in [0.15, 0.2) is 0 Å². The molecule has 0 spiro atoms. The van der Waals surface area contributed by atoms with E-state index in [0.29, 0.717) is 16.5 Å². The molecular weight excluding hydrogens is 433 g/mol. The van der Waals surface area contributed by atoms with Crippen LogP contribution in [0.1, 0.15) is 19.4 Å². The van der Waals surface area contributed by atoms with Gasteiger partial charge in [0, 0.05) is 11.9 Å². The fourth-order valence-electron chi connectivity index (χ4n) is 2.72. The second kappa shape index (κ2) is 8.80. The number of carbonyl (C=O) groups excluding carboxylic acids is 1. The first kappa shape index (κ1) is 23.0. The lowest BCUT2D eigenvalue weighted by Crippen LogP contribution is -2.28. The molecule has 1 aromatic carbocycles. The highest BCUT2D eigenvalue weighted by Gasteiger charge is 2.32. The van der Waals surface area contributed by atoms with Crippen LogP contribution < -0.4 is 14.4 Å². The first-order valence-electron chi connectivity index (χ1n) is 9.27. The van der Waals surface area contributed by atoms with Crippen LogP contribution in [0.3, 0.4) is 0 Å². The topological polar surface area (TPSA) is 71.9 Å². The van der Waals surface area contributed by atoms with Crippen molar-refractivity contribution in [2.75, 3.05) is 11.5 Å². The number of ether oxygens (including phenoxy) is 2. The fourth-order valence-corrected chi connectivity index (χ4v) is 3.60. The minimum Gasteiger partial charge on any atom is -0.490 e. The molecule has 31 heavy (non-hydrogen) atoms. The number of hydrogen-bond acceptors (Lipinski definition) is 6. The van der Waals surface area contributed by atoms with E-state index >= 15 is 0 Å². The quantitative estimate of drug-likeness (QED) is 0.666. The van der Waals surface area contributed by atoms with Crippen molar-refractivity contribution in [3.8, 4) is 11.5 Å². The van der Waals surface area contributed by atoms with Crippen LogP contribution in [0.2, 0.25) is 0 Å². The number of pyridine rings is 1. The summed E-state index contributed by atoms with van der Waals surface area (Å²) in [5.41, 5.74) is 0.495. The Hall–Kier alpha value is -2.72. The van der Waals surface area contributed by atoms with Gasteiger partial charge in [-0.1, -0.05) is 11.8 Å². The third-order valence-corrected chi connectivity index (χ3v) is 5.19. The van der Waals surface area contributed by atoms with E-state index in [1.54, 1.807) is 44.3 Å². The lowest BCUT2D eigenvalue weighted by atomic mass is 10.1. The van der Waals surface area contributed by atoms with Crippen LogP contribution in [-0.4, -0.2) is 39.8 Å². The molecule has 1 N–H and O–H groups in total. The van der Waals surface area contributed by atoms with Crippen molar-refractivity contribution >= 4 is 23.4 Å². The Morgan fingerprint density at radius 2 is 1.97 bits per heavy atom. The molecule has 6 nitrogen and oxygen atoms in total. The Morgan fingerprint density at radius 3 is 2.55 bits per heavy atom. The second-order valence-electron chi connectivity index (χ2n) is 7.52. The third kappa shape index (κ3) is 6.38. The second-order valence-corrected chi connectivity index (χ2v) is 8.68. The number of halogens is 3. The maximum absolute atomic E-state index is 12.8. The molecule has 0 radical (unpaired) electrons. The van der Waals surface area contributed by atoms with Gasteiger partial charge in [-0.2, -0.15) is 0 Å². The van der Waals surface area contributed by atoms with Crippen LogP contribution in [0.4, 0.5) is 18.9 Å². The molecule has 1 amide bonds. The number of carbonyl (C=O) groups is 1. The highest BCUT2D eigenvalue weighted by atomic mass is 32.2. The zero-order chi connectivity index (χ0) is 22.8. The number of nitrogens with zero attached hydrogens (tertiary/aromatic N) is 2. The Balaban J connectivity index is 1.63. The van der Waals surface area contributed by atoms with Gasteiger partial charge in [-0.3, -0.25) is 9.69 Å². The maximum Gasteiger partial charge on any atom is 0.573 e. The van der Waals surface area contributed by atoms with Crippen LogP contribution in [0.5, 0.6) is 11.5 Å². The smallest absolute Gasteiger partial charge is 0.490 e. The maximum atomic E-state index is 12.8.